The molecule has 1 aromatic carbocycles. The third-order valence-electron chi connectivity index (χ3n) is 2.71. The molecule has 1 heterocycles. The molecule has 0 saturated heterocycles. The Labute approximate surface area is 138 Å². The van der Waals surface area contributed by atoms with Gasteiger partial charge >= 0.3 is 5.97 Å². The van der Waals surface area contributed by atoms with Gasteiger partial charge in [-0.1, -0.05) is 12.1 Å². The number of hydrogen-bond donors (Lipinski definition) is 1. The molecule has 1 aromatic heterocycles. The summed E-state index contributed by atoms with van der Waals surface area (Å²) in [6, 6.07) is 11.6. The number of rotatable bonds is 7. The standard InChI is InChI=1S/C17H16N2O3S/c1-2-11-23-12-16(20)22-14-8-6-13(7-9-14)17(21)19-15-5-3-4-10-18-15/h2-10H,1,11-12H2,(H,18,19,21). The second kappa shape index (κ2) is 8.75. The van der Waals surface area contributed by atoms with Gasteiger partial charge in [-0.2, -0.15) is 0 Å². The average Bonchev–Trinajstić information content (AvgIpc) is 2.56. The molecule has 0 atom stereocenters. The second-order valence-corrected chi connectivity index (χ2v) is 5.50. The van der Waals surface area contributed by atoms with Crippen molar-refractivity contribution in [1.82, 2.24) is 4.98 Å². The number of ether oxygens (including phenoxy) is 1. The van der Waals surface area contributed by atoms with E-state index in [0.29, 0.717) is 22.9 Å². The van der Waals surface area contributed by atoms with Gasteiger partial charge in [0, 0.05) is 17.5 Å². The number of benzene rings is 1. The highest BCUT2D eigenvalue weighted by Crippen LogP contribution is 2.14. The van der Waals surface area contributed by atoms with Crippen molar-refractivity contribution in [1.29, 1.82) is 0 Å². The van der Waals surface area contributed by atoms with Crippen molar-refractivity contribution in [2.75, 3.05) is 16.8 Å². The topological polar surface area (TPSA) is 68.3 Å². The van der Waals surface area contributed by atoms with Crippen LogP contribution in [0.25, 0.3) is 0 Å². The van der Waals surface area contributed by atoms with E-state index in [-0.39, 0.29) is 17.6 Å². The Balaban J connectivity index is 1.90. The molecule has 0 radical (unpaired) electrons. The first-order valence-electron chi connectivity index (χ1n) is 6.91. The molecule has 0 spiro atoms. The van der Waals surface area contributed by atoms with E-state index in [4.69, 9.17) is 4.74 Å². The first-order valence-corrected chi connectivity index (χ1v) is 8.06. The molecule has 0 unspecified atom stereocenters. The van der Waals surface area contributed by atoms with E-state index in [1.807, 2.05) is 0 Å². The number of nitrogens with zero attached hydrogens (tertiary/aromatic N) is 1. The summed E-state index contributed by atoms with van der Waals surface area (Å²) in [5.41, 5.74) is 0.455. The lowest BCUT2D eigenvalue weighted by atomic mass is 10.2. The normalized spacial score (nSPS) is 9.91. The van der Waals surface area contributed by atoms with Crippen molar-refractivity contribution in [3.05, 3.63) is 66.9 Å². The molecule has 5 nitrogen and oxygen atoms in total. The molecular weight excluding hydrogens is 312 g/mol. The van der Waals surface area contributed by atoms with Crippen molar-refractivity contribution >= 4 is 29.5 Å². The molecule has 6 heteroatoms. The number of aromatic nitrogens is 1. The summed E-state index contributed by atoms with van der Waals surface area (Å²) < 4.78 is 5.18. The lowest BCUT2D eigenvalue weighted by Gasteiger charge is -2.06. The van der Waals surface area contributed by atoms with Gasteiger partial charge in [-0.25, -0.2) is 4.98 Å². The zero-order chi connectivity index (χ0) is 16.5. The Morgan fingerprint density at radius 1 is 1.22 bits per heavy atom. The van der Waals surface area contributed by atoms with Crippen LogP contribution in [0.5, 0.6) is 5.75 Å². The molecule has 0 aliphatic carbocycles. The van der Waals surface area contributed by atoms with E-state index in [0.717, 1.165) is 0 Å². The first kappa shape index (κ1) is 16.8. The lowest BCUT2D eigenvalue weighted by Crippen LogP contribution is -2.13. The van der Waals surface area contributed by atoms with Crippen molar-refractivity contribution in [2.45, 2.75) is 0 Å². The van der Waals surface area contributed by atoms with E-state index >= 15 is 0 Å². The lowest BCUT2D eigenvalue weighted by molar-refractivity contribution is -0.131. The van der Waals surface area contributed by atoms with Gasteiger partial charge in [0.2, 0.25) is 0 Å². The van der Waals surface area contributed by atoms with Crippen LogP contribution in [-0.2, 0) is 4.79 Å². The van der Waals surface area contributed by atoms with Crippen LogP contribution in [0.1, 0.15) is 10.4 Å². The Morgan fingerprint density at radius 3 is 2.65 bits per heavy atom. The fourth-order valence-corrected chi connectivity index (χ4v) is 2.20. The monoisotopic (exact) mass is 328 g/mol. The molecule has 0 aliphatic heterocycles. The van der Waals surface area contributed by atoms with Crippen LogP contribution < -0.4 is 10.1 Å². The summed E-state index contributed by atoms with van der Waals surface area (Å²) in [5, 5.41) is 2.68. The maximum atomic E-state index is 12.1. The predicted octanol–water partition coefficient (Wildman–Crippen LogP) is 3.16. The molecule has 0 fully saturated rings. The quantitative estimate of drug-likeness (QED) is 0.366. The molecule has 1 N–H and O–H groups in total. The van der Waals surface area contributed by atoms with E-state index < -0.39 is 0 Å². The summed E-state index contributed by atoms with van der Waals surface area (Å²) >= 11 is 1.43. The van der Waals surface area contributed by atoms with Gasteiger partial charge in [0.1, 0.15) is 11.6 Å². The van der Waals surface area contributed by atoms with Crippen molar-refractivity contribution in [3.8, 4) is 5.75 Å². The van der Waals surface area contributed by atoms with Gasteiger partial charge in [0.25, 0.3) is 5.91 Å². The third-order valence-corrected chi connectivity index (χ3v) is 3.62. The van der Waals surface area contributed by atoms with E-state index in [1.165, 1.54) is 11.8 Å². The fourth-order valence-electron chi connectivity index (χ4n) is 1.69. The highest BCUT2D eigenvalue weighted by atomic mass is 32.2. The zero-order valence-corrected chi connectivity index (χ0v) is 13.2. The second-order valence-electron chi connectivity index (χ2n) is 4.47. The summed E-state index contributed by atoms with van der Waals surface area (Å²) in [7, 11) is 0. The van der Waals surface area contributed by atoms with Gasteiger partial charge < -0.3 is 10.1 Å². The summed E-state index contributed by atoms with van der Waals surface area (Å²) in [4.78, 5) is 27.7. The molecule has 0 bridgehead atoms. The van der Waals surface area contributed by atoms with Gasteiger partial charge in [0.05, 0.1) is 5.75 Å². The van der Waals surface area contributed by atoms with Crippen LogP contribution in [0, 0.1) is 0 Å². The average molecular weight is 328 g/mol. The van der Waals surface area contributed by atoms with Crippen LogP contribution in [0.3, 0.4) is 0 Å². The molecular formula is C17H16N2O3S. The van der Waals surface area contributed by atoms with Gasteiger partial charge in [-0.3, -0.25) is 9.59 Å². The smallest absolute Gasteiger partial charge is 0.321 e. The number of nitrogens with one attached hydrogen (secondary N) is 1. The van der Waals surface area contributed by atoms with Crippen molar-refractivity contribution in [2.24, 2.45) is 0 Å². The molecule has 0 aliphatic rings. The first-order chi connectivity index (χ1) is 11.2. The SMILES string of the molecule is C=CCSCC(=O)Oc1ccc(C(=O)Nc2ccccn2)cc1. The molecule has 23 heavy (non-hydrogen) atoms. The zero-order valence-electron chi connectivity index (χ0n) is 12.4. The number of hydrogen-bond acceptors (Lipinski definition) is 5. The Bertz CT molecular complexity index is 672. The maximum absolute atomic E-state index is 12.1. The number of anilines is 1. The molecule has 2 rings (SSSR count). The van der Waals surface area contributed by atoms with Crippen LogP contribution in [0.2, 0.25) is 0 Å². The fraction of sp³-hybridized carbons (Fsp3) is 0.118. The van der Waals surface area contributed by atoms with Gasteiger partial charge in [-0.15, -0.1) is 18.3 Å². The molecule has 2 aromatic rings. The summed E-state index contributed by atoms with van der Waals surface area (Å²) in [5.74, 6) is 1.23. The van der Waals surface area contributed by atoms with Crippen LogP contribution in [0.4, 0.5) is 5.82 Å². The molecule has 1 amide bonds. The minimum absolute atomic E-state index is 0.258. The van der Waals surface area contributed by atoms with Crippen LogP contribution in [-0.4, -0.2) is 28.4 Å². The van der Waals surface area contributed by atoms with E-state index in [1.54, 1.807) is 54.7 Å². The number of thioether (sulfide) groups is 1. The molecule has 0 saturated carbocycles. The highest BCUT2D eigenvalue weighted by molar-refractivity contribution is 8.00. The third kappa shape index (κ3) is 5.60. The largest absolute Gasteiger partial charge is 0.426 e. The summed E-state index contributed by atoms with van der Waals surface area (Å²) in [6.45, 7) is 3.58. The number of amides is 1. The number of carbonyl (C=O) groups excluding carboxylic acids is 2. The van der Waals surface area contributed by atoms with E-state index in [9.17, 15) is 9.59 Å². The minimum Gasteiger partial charge on any atom is -0.426 e. The summed E-state index contributed by atoms with van der Waals surface area (Å²) in [6.07, 6.45) is 3.33. The van der Waals surface area contributed by atoms with E-state index in [2.05, 4.69) is 16.9 Å². The van der Waals surface area contributed by atoms with Gasteiger partial charge in [-0.05, 0) is 36.4 Å². The Kier molecular flexibility index (Phi) is 6.38. The Morgan fingerprint density at radius 2 is 2.00 bits per heavy atom. The predicted molar refractivity (Wildman–Crippen MR) is 91.8 cm³/mol. The number of carbonyl (C=O) groups is 2. The molecule has 118 valence electrons. The Hall–Kier alpha value is -2.60. The number of esters is 1. The number of pyridine rings is 1. The minimum atomic E-state index is -0.331. The highest BCUT2D eigenvalue weighted by Gasteiger charge is 2.08. The van der Waals surface area contributed by atoms with Crippen molar-refractivity contribution < 1.29 is 14.3 Å². The maximum Gasteiger partial charge on any atom is 0.321 e. The van der Waals surface area contributed by atoms with Crippen LogP contribution in [0.15, 0.2) is 61.3 Å². The van der Waals surface area contributed by atoms with Crippen molar-refractivity contribution in [3.63, 3.8) is 0 Å². The van der Waals surface area contributed by atoms with Crippen LogP contribution >= 0.6 is 11.8 Å². The van der Waals surface area contributed by atoms with Gasteiger partial charge in [0.15, 0.2) is 0 Å².